The van der Waals surface area contributed by atoms with Crippen molar-refractivity contribution in [2.75, 3.05) is 31.1 Å². The van der Waals surface area contributed by atoms with Gasteiger partial charge >= 0.3 is 0 Å². The number of rotatable bonds is 5. The van der Waals surface area contributed by atoms with E-state index in [1.165, 1.54) is 18.7 Å². The van der Waals surface area contributed by atoms with Crippen LogP contribution >= 0.6 is 12.2 Å². The van der Waals surface area contributed by atoms with Crippen LogP contribution in [-0.4, -0.2) is 55.4 Å². The summed E-state index contributed by atoms with van der Waals surface area (Å²) in [5.74, 6) is 2.77. The van der Waals surface area contributed by atoms with Gasteiger partial charge in [0.15, 0.2) is 4.77 Å². The highest BCUT2D eigenvalue weighted by atomic mass is 32.1. The Kier molecular flexibility index (Phi) is 4.32. The lowest BCUT2D eigenvalue weighted by Crippen LogP contribution is -2.47. The fraction of sp³-hybridized carbons (Fsp3) is 0.625. The summed E-state index contributed by atoms with van der Waals surface area (Å²) in [7, 11) is 0. The largest absolute Gasteiger partial charge is 0.353 e. The summed E-state index contributed by atoms with van der Waals surface area (Å²) in [5.41, 5.74) is 0. The Bertz CT molecular complexity index is 742. The normalized spacial score (nSPS) is 19.0. The highest BCUT2D eigenvalue weighted by Crippen LogP contribution is 2.39. The fourth-order valence-corrected chi connectivity index (χ4v) is 3.57. The third kappa shape index (κ3) is 3.08. The zero-order chi connectivity index (χ0) is 16.5. The summed E-state index contributed by atoms with van der Waals surface area (Å²) in [6, 6.07) is 0. The Balaban J connectivity index is 1.41. The molecule has 1 saturated carbocycles. The topological polar surface area (TPSA) is 55.0 Å². The van der Waals surface area contributed by atoms with Gasteiger partial charge in [0.1, 0.15) is 11.6 Å². The lowest BCUT2D eigenvalue weighted by Gasteiger charge is -2.34. The van der Waals surface area contributed by atoms with E-state index >= 15 is 0 Å². The highest BCUT2D eigenvalue weighted by Gasteiger charge is 2.30. The second-order valence-electron chi connectivity index (χ2n) is 6.47. The van der Waals surface area contributed by atoms with Crippen molar-refractivity contribution in [3.05, 3.63) is 29.2 Å². The van der Waals surface area contributed by atoms with E-state index in [0.29, 0.717) is 5.92 Å². The molecule has 24 heavy (non-hydrogen) atoms. The summed E-state index contributed by atoms with van der Waals surface area (Å²) < 4.78 is 5.06. The smallest absolute Gasteiger partial charge is 0.199 e. The third-order valence-corrected chi connectivity index (χ3v) is 5.22. The number of anilines is 1. The standard InChI is InChI=1S/C16H23N7S/c1-2-22-15(13-3-4-13)19-23(16(22)24)12-20-7-9-21(10-8-20)14-11-17-5-6-18-14/h5-6,11,13H,2-4,7-10,12H2,1H3. The molecule has 0 radical (unpaired) electrons. The van der Waals surface area contributed by atoms with Crippen molar-refractivity contribution in [1.82, 2.24) is 29.2 Å². The first-order valence-electron chi connectivity index (χ1n) is 8.67. The van der Waals surface area contributed by atoms with Gasteiger partial charge in [-0.25, -0.2) is 9.67 Å². The van der Waals surface area contributed by atoms with Gasteiger partial charge in [-0.05, 0) is 32.0 Å². The molecule has 2 aromatic rings. The van der Waals surface area contributed by atoms with Crippen molar-refractivity contribution in [3.63, 3.8) is 0 Å². The van der Waals surface area contributed by atoms with Crippen LogP contribution in [-0.2, 0) is 13.2 Å². The molecule has 1 aliphatic carbocycles. The van der Waals surface area contributed by atoms with Crippen LogP contribution in [0.2, 0.25) is 0 Å². The van der Waals surface area contributed by atoms with E-state index in [9.17, 15) is 0 Å². The molecule has 3 heterocycles. The highest BCUT2D eigenvalue weighted by molar-refractivity contribution is 7.71. The monoisotopic (exact) mass is 345 g/mol. The van der Waals surface area contributed by atoms with Gasteiger partial charge in [-0.2, -0.15) is 5.10 Å². The molecule has 1 saturated heterocycles. The Morgan fingerprint density at radius 3 is 2.58 bits per heavy atom. The van der Waals surface area contributed by atoms with E-state index in [1.54, 1.807) is 12.4 Å². The maximum atomic E-state index is 5.64. The van der Waals surface area contributed by atoms with E-state index < -0.39 is 0 Å². The Morgan fingerprint density at radius 1 is 1.17 bits per heavy atom. The summed E-state index contributed by atoms with van der Waals surface area (Å²) >= 11 is 5.64. The maximum Gasteiger partial charge on any atom is 0.199 e. The predicted molar refractivity (Wildman–Crippen MR) is 94.5 cm³/mol. The Labute approximate surface area is 146 Å². The minimum absolute atomic E-state index is 0.626. The van der Waals surface area contributed by atoms with Crippen LogP contribution in [0.4, 0.5) is 5.82 Å². The second kappa shape index (κ2) is 6.60. The van der Waals surface area contributed by atoms with Gasteiger partial charge in [-0.15, -0.1) is 0 Å². The van der Waals surface area contributed by atoms with E-state index in [4.69, 9.17) is 17.3 Å². The van der Waals surface area contributed by atoms with Crippen molar-refractivity contribution in [2.24, 2.45) is 0 Å². The van der Waals surface area contributed by atoms with E-state index in [-0.39, 0.29) is 0 Å². The minimum Gasteiger partial charge on any atom is -0.353 e. The molecule has 0 unspecified atom stereocenters. The third-order valence-electron chi connectivity index (χ3n) is 4.79. The molecule has 0 atom stereocenters. The SMILES string of the molecule is CCn1c(C2CC2)nn(CN2CCN(c3cnccn3)CC2)c1=S. The second-order valence-corrected chi connectivity index (χ2v) is 6.83. The molecule has 2 fully saturated rings. The van der Waals surface area contributed by atoms with Crippen LogP contribution in [0, 0.1) is 4.77 Å². The van der Waals surface area contributed by atoms with Gasteiger partial charge < -0.3 is 9.47 Å². The zero-order valence-corrected chi connectivity index (χ0v) is 14.8. The fourth-order valence-electron chi connectivity index (χ4n) is 3.25. The minimum atomic E-state index is 0.626. The van der Waals surface area contributed by atoms with Crippen LogP contribution in [0.3, 0.4) is 0 Å². The van der Waals surface area contributed by atoms with E-state index in [1.807, 2.05) is 10.9 Å². The van der Waals surface area contributed by atoms with Crippen LogP contribution in [0.25, 0.3) is 0 Å². The first kappa shape index (κ1) is 15.7. The van der Waals surface area contributed by atoms with Crippen molar-refractivity contribution < 1.29 is 0 Å². The molecule has 0 aromatic carbocycles. The molecule has 0 amide bonds. The Hall–Kier alpha value is -1.80. The van der Waals surface area contributed by atoms with Crippen molar-refractivity contribution in [1.29, 1.82) is 0 Å². The van der Waals surface area contributed by atoms with Crippen LogP contribution in [0.5, 0.6) is 0 Å². The lowest BCUT2D eigenvalue weighted by atomic mass is 10.3. The van der Waals surface area contributed by atoms with Crippen LogP contribution in [0.1, 0.15) is 31.5 Å². The van der Waals surface area contributed by atoms with E-state index in [2.05, 4.69) is 31.3 Å². The van der Waals surface area contributed by atoms with Crippen LogP contribution in [0.15, 0.2) is 18.6 Å². The average Bonchev–Trinajstić information content (AvgIpc) is 3.42. The molecule has 1 aliphatic heterocycles. The molecule has 2 aromatic heterocycles. The first-order chi connectivity index (χ1) is 11.8. The molecular weight excluding hydrogens is 322 g/mol. The predicted octanol–water partition coefficient (Wildman–Crippen LogP) is 1.88. The molecule has 0 bridgehead atoms. The molecule has 0 N–H and O–H groups in total. The van der Waals surface area contributed by atoms with Gasteiger partial charge in [-0.1, -0.05) is 0 Å². The summed E-state index contributed by atoms with van der Waals surface area (Å²) in [5, 5.41) is 4.81. The lowest BCUT2D eigenvalue weighted by molar-refractivity contribution is 0.193. The van der Waals surface area contributed by atoms with Gasteiger partial charge in [0.25, 0.3) is 0 Å². The molecule has 128 valence electrons. The molecule has 4 rings (SSSR count). The average molecular weight is 345 g/mol. The number of piperazine rings is 1. The van der Waals surface area contributed by atoms with Gasteiger partial charge in [-0.3, -0.25) is 9.88 Å². The molecule has 0 spiro atoms. The summed E-state index contributed by atoms with van der Waals surface area (Å²) in [6.07, 6.45) is 7.79. The number of hydrogen-bond donors (Lipinski definition) is 0. The van der Waals surface area contributed by atoms with Gasteiger partial charge in [0.05, 0.1) is 12.9 Å². The van der Waals surface area contributed by atoms with Gasteiger partial charge in [0, 0.05) is 51.0 Å². The van der Waals surface area contributed by atoms with Crippen molar-refractivity contribution in [3.8, 4) is 0 Å². The number of nitrogens with zero attached hydrogens (tertiary/aromatic N) is 7. The Morgan fingerprint density at radius 2 is 1.96 bits per heavy atom. The zero-order valence-electron chi connectivity index (χ0n) is 14.0. The molecule has 2 aliphatic rings. The quantitative estimate of drug-likeness (QED) is 0.771. The summed E-state index contributed by atoms with van der Waals surface area (Å²) in [6.45, 7) is 7.70. The van der Waals surface area contributed by atoms with Crippen LogP contribution < -0.4 is 4.90 Å². The summed E-state index contributed by atoms with van der Waals surface area (Å²) in [4.78, 5) is 13.2. The van der Waals surface area contributed by atoms with E-state index in [0.717, 1.165) is 50.0 Å². The van der Waals surface area contributed by atoms with Crippen molar-refractivity contribution >= 4 is 18.0 Å². The molecule has 8 heteroatoms. The maximum absolute atomic E-state index is 5.64. The van der Waals surface area contributed by atoms with Gasteiger partial charge in [0.2, 0.25) is 0 Å². The van der Waals surface area contributed by atoms with Crippen molar-refractivity contribution in [2.45, 2.75) is 38.9 Å². The first-order valence-corrected chi connectivity index (χ1v) is 9.08. The number of hydrogen-bond acceptors (Lipinski definition) is 6. The number of aromatic nitrogens is 5. The molecular formula is C16H23N7S. The molecule has 7 nitrogen and oxygen atoms in total.